The van der Waals surface area contributed by atoms with Gasteiger partial charge in [-0.25, -0.2) is 13.1 Å². The van der Waals surface area contributed by atoms with Gasteiger partial charge in [0.1, 0.15) is 0 Å². The molecule has 0 fully saturated rings. The molecule has 11 heteroatoms. The number of hydrogen-bond acceptors (Lipinski definition) is 7. The van der Waals surface area contributed by atoms with Crippen LogP contribution < -0.4 is 11.2 Å². The van der Waals surface area contributed by atoms with Crippen LogP contribution in [0.1, 0.15) is 34.1 Å². The second kappa shape index (κ2) is 10.1. The Balaban J connectivity index is 2.22. The third-order valence-corrected chi connectivity index (χ3v) is 7.44. The van der Waals surface area contributed by atoms with Crippen molar-refractivity contribution in [1.29, 1.82) is 0 Å². The molecule has 0 unspecified atom stereocenters. The number of amides is 1. The fraction of sp³-hybridized carbons (Fsp3) is 0.500. The van der Waals surface area contributed by atoms with E-state index in [1.165, 1.54) is 26.8 Å². The van der Waals surface area contributed by atoms with E-state index in [2.05, 4.69) is 15.5 Å². The van der Waals surface area contributed by atoms with Gasteiger partial charge in [-0.05, 0) is 25.5 Å². The molecule has 2 rings (SSSR count). The number of hydrogen-bond donors (Lipinski definition) is 2. The summed E-state index contributed by atoms with van der Waals surface area (Å²) in [5, 5.41) is 11.4. The highest BCUT2D eigenvalue weighted by atomic mass is 32.2. The number of rotatable bonds is 10. The van der Waals surface area contributed by atoms with Gasteiger partial charge < -0.3 is 11.2 Å². The number of nitrogens with two attached hydrogens (primary N) is 1. The fourth-order valence-corrected chi connectivity index (χ4v) is 4.80. The highest BCUT2D eigenvalue weighted by Gasteiger charge is 2.23. The van der Waals surface area contributed by atoms with Crippen molar-refractivity contribution in [3.8, 4) is 11.4 Å². The van der Waals surface area contributed by atoms with Crippen molar-refractivity contribution in [3.63, 3.8) is 0 Å². The lowest BCUT2D eigenvalue weighted by atomic mass is 10.2. The van der Waals surface area contributed by atoms with Crippen LogP contribution in [-0.2, 0) is 14.8 Å². The zero-order chi connectivity index (χ0) is 21.6. The van der Waals surface area contributed by atoms with E-state index in [9.17, 15) is 13.2 Å². The molecular formula is C18H28N6O3S2. The SMILES string of the molecule is CC[C@@H](C)NC(=O)CSc1nnc(-c2cccc(S(=O)(=O)N(CC)CC)c2)n1N. The molecule has 0 bridgehead atoms. The van der Waals surface area contributed by atoms with Crippen molar-refractivity contribution in [1.82, 2.24) is 24.5 Å². The lowest BCUT2D eigenvalue weighted by molar-refractivity contribution is -0.119. The van der Waals surface area contributed by atoms with Crippen LogP contribution >= 0.6 is 11.8 Å². The zero-order valence-electron chi connectivity index (χ0n) is 17.1. The number of benzene rings is 1. The first-order chi connectivity index (χ1) is 13.7. The lowest BCUT2D eigenvalue weighted by Gasteiger charge is -2.18. The first-order valence-corrected chi connectivity index (χ1v) is 11.9. The van der Waals surface area contributed by atoms with Crippen LogP contribution in [-0.4, -0.2) is 58.4 Å². The number of carbonyl (C=O) groups is 1. The Labute approximate surface area is 176 Å². The van der Waals surface area contributed by atoms with E-state index in [4.69, 9.17) is 5.84 Å². The van der Waals surface area contributed by atoms with Crippen LogP contribution in [0.3, 0.4) is 0 Å². The molecule has 1 atom stereocenters. The van der Waals surface area contributed by atoms with Gasteiger partial charge in [0, 0.05) is 24.7 Å². The Morgan fingerprint density at radius 1 is 1.28 bits per heavy atom. The van der Waals surface area contributed by atoms with E-state index < -0.39 is 10.0 Å². The van der Waals surface area contributed by atoms with Crippen LogP contribution in [0.4, 0.5) is 0 Å². The molecule has 1 aromatic heterocycles. The summed E-state index contributed by atoms with van der Waals surface area (Å²) < 4.78 is 28.2. The van der Waals surface area contributed by atoms with Gasteiger partial charge in [0.15, 0.2) is 5.82 Å². The number of nitrogens with zero attached hydrogens (tertiary/aromatic N) is 4. The molecule has 160 valence electrons. The molecule has 9 nitrogen and oxygen atoms in total. The topological polar surface area (TPSA) is 123 Å². The minimum Gasteiger partial charge on any atom is -0.353 e. The van der Waals surface area contributed by atoms with E-state index in [0.717, 1.165) is 6.42 Å². The molecule has 1 aromatic carbocycles. The monoisotopic (exact) mass is 440 g/mol. The number of nitrogen functional groups attached to an aromatic ring is 1. The predicted molar refractivity (Wildman–Crippen MR) is 114 cm³/mol. The van der Waals surface area contributed by atoms with Crippen LogP contribution in [0.2, 0.25) is 0 Å². The van der Waals surface area contributed by atoms with Crippen molar-refractivity contribution in [2.75, 3.05) is 24.7 Å². The summed E-state index contributed by atoms with van der Waals surface area (Å²) in [4.78, 5) is 12.1. The average molecular weight is 441 g/mol. The van der Waals surface area contributed by atoms with Crippen molar-refractivity contribution in [2.45, 2.75) is 50.2 Å². The number of carbonyl (C=O) groups excluding carboxylic acids is 1. The van der Waals surface area contributed by atoms with Crippen molar-refractivity contribution in [3.05, 3.63) is 24.3 Å². The first kappa shape index (κ1) is 23.2. The summed E-state index contributed by atoms with van der Waals surface area (Å²) in [6, 6.07) is 6.55. The normalized spacial score (nSPS) is 12.9. The van der Waals surface area contributed by atoms with Crippen molar-refractivity contribution >= 4 is 27.7 Å². The van der Waals surface area contributed by atoms with E-state index in [1.54, 1.807) is 32.0 Å². The molecule has 1 amide bonds. The quantitative estimate of drug-likeness (QED) is 0.426. The Kier molecular flexibility index (Phi) is 8.05. The summed E-state index contributed by atoms with van der Waals surface area (Å²) in [6.07, 6.45) is 0.848. The van der Waals surface area contributed by atoms with Crippen LogP contribution in [0.25, 0.3) is 11.4 Å². The maximum atomic E-state index is 12.8. The Bertz CT molecular complexity index is 941. The van der Waals surface area contributed by atoms with Crippen molar-refractivity contribution in [2.24, 2.45) is 0 Å². The van der Waals surface area contributed by atoms with Gasteiger partial charge in [0.2, 0.25) is 21.1 Å². The second-order valence-corrected chi connectivity index (χ2v) is 9.34. The molecule has 0 saturated carbocycles. The number of aromatic nitrogens is 3. The summed E-state index contributed by atoms with van der Waals surface area (Å²) in [5.74, 6) is 6.48. The molecule has 2 aromatic rings. The number of thioether (sulfide) groups is 1. The Morgan fingerprint density at radius 2 is 1.97 bits per heavy atom. The van der Waals surface area contributed by atoms with Crippen LogP contribution in [0.5, 0.6) is 0 Å². The summed E-state index contributed by atoms with van der Waals surface area (Å²) >= 11 is 1.17. The van der Waals surface area contributed by atoms with Crippen LogP contribution in [0.15, 0.2) is 34.3 Å². The molecule has 29 heavy (non-hydrogen) atoms. The summed E-state index contributed by atoms with van der Waals surface area (Å²) in [6.45, 7) is 8.29. The lowest BCUT2D eigenvalue weighted by Crippen LogP contribution is -2.33. The molecule has 0 radical (unpaired) electrons. The molecule has 1 heterocycles. The van der Waals surface area contributed by atoms with Gasteiger partial charge in [-0.15, -0.1) is 10.2 Å². The van der Waals surface area contributed by atoms with E-state index in [0.29, 0.717) is 29.6 Å². The smallest absolute Gasteiger partial charge is 0.243 e. The Morgan fingerprint density at radius 3 is 2.59 bits per heavy atom. The minimum absolute atomic E-state index is 0.102. The molecular weight excluding hydrogens is 412 g/mol. The second-order valence-electron chi connectivity index (χ2n) is 6.46. The molecule has 0 aliphatic carbocycles. The van der Waals surface area contributed by atoms with Gasteiger partial charge >= 0.3 is 0 Å². The first-order valence-electron chi connectivity index (χ1n) is 9.47. The van der Waals surface area contributed by atoms with Crippen molar-refractivity contribution < 1.29 is 13.2 Å². The van der Waals surface area contributed by atoms with E-state index in [-0.39, 0.29) is 22.6 Å². The number of sulfonamides is 1. The summed E-state index contributed by atoms with van der Waals surface area (Å²) in [5.41, 5.74) is 0.532. The van der Waals surface area contributed by atoms with Gasteiger partial charge in [-0.2, -0.15) is 4.31 Å². The highest BCUT2D eigenvalue weighted by molar-refractivity contribution is 7.99. The van der Waals surface area contributed by atoms with Gasteiger partial charge in [0.05, 0.1) is 10.6 Å². The average Bonchev–Trinajstić information content (AvgIpc) is 3.07. The van der Waals surface area contributed by atoms with Crippen LogP contribution in [0, 0.1) is 0 Å². The predicted octanol–water partition coefficient (Wildman–Crippen LogP) is 1.70. The molecule has 0 saturated heterocycles. The maximum Gasteiger partial charge on any atom is 0.243 e. The highest BCUT2D eigenvalue weighted by Crippen LogP contribution is 2.25. The Hall–Kier alpha value is -2.11. The molecule has 0 spiro atoms. The largest absolute Gasteiger partial charge is 0.353 e. The van der Waals surface area contributed by atoms with Gasteiger partial charge in [0.25, 0.3) is 0 Å². The standard InChI is InChI=1S/C18H28N6O3S2/c1-5-13(4)20-16(25)12-28-18-22-21-17(24(18)19)14-9-8-10-15(11-14)29(26,27)23(6-2)7-3/h8-11,13H,5-7,12,19H2,1-4H3,(H,20,25)/t13-/m1/s1. The van der Waals surface area contributed by atoms with E-state index >= 15 is 0 Å². The third-order valence-electron chi connectivity index (χ3n) is 4.45. The third kappa shape index (κ3) is 5.49. The zero-order valence-corrected chi connectivity index (χ0v) is 18.8. The number of nitrogens with one attached hydrogen (secondary N) is 1. The van der Waals surface area contributed by atoms with E-state index in [1.807, 2.05) is 13.8 Å². The maximum absolute atomic E-state index is 12.8. The fourth-order valence-electron chi connectivity index (χ4n) is 2.63. The minimum atomic E-state index is -3.60. The molecule has 3 N–H and O–H groups in total. The molecule has 0 aliphatic rings. The van der Waals surface area contributed by atoms with Gasteiger partial charge in [-0.1, -0.05) is 44.7 Å². The molecule has 0 aliphatic heterocycles. The van der Waals surface area contributed by atoms with Gasteiger partial charge in [-0.3, -0.25) is 4.79 Å². The summed E-state index contributed by atoms with van der Waals surface area (Å²) in [7, 11) is -3.60.